The number of nitrogens with one attached hydrogen (secondary N) is 4. The Morgan fingerprint density at radius 1 is 0.406 bits per heavy atom. The lowest BCUT2D eigenvalue weighted by molar-refractivity contribution is 0.0384. The van der Waals surface area contributed by atoms with Crippen LogP contribution in [-0.2, 0) is 31.8 Å². The molecule has 2 aromatic rings. The Morgan fingerprint density at radius 3 is 0.953 bits per heavy atom. The standard InChI is InChI=1S/C44H66N8O12/c53-41(45-9-13-49-17-25-57-26-18-49)61-37-7-5-35(33-39(37)63-43(55)47-11-15-51-21-29-59-30-22-51)3-1-2-4-36-6-8-38(62-42(54)46-10-14-50-19-27-58-28-20-50)40(34-36)64-44(56)48-12-16-52-23-31-60-32-24-52/h5-8,33-34H,1-4,9-32H2,(H,45,53)(H,46,54)(H,47,55)(H,48,56). The van der Waals surface area contributed by atoms with Crippen molar-refractivity contribution in [3.63, 3.8) is 0 Å². The van der Waals surface area contributed by atoms with Gasteiger partial charge in [0.1, 0.15) is 0 Å². The van der Waals surface area contributed by atoms with Crippen LogP contribution in [0.2, 0.25) is 0 Å². The zero-order valence-electron chi connectivity index (χ0n) is 37.0. The Hall–Kier alpha value is -4.80. The van der Waals surface area contributed by atoms with Crippen LogP contribution < -0.4 is 40.2 Å². The van der Waals surface area contributed by atoms with Gasteiger partial charge < -0.3 is 59.2 Å². The minimum atomic E-state index is -0.648. The molecule has 0 unspecified atom stereocenters. The summed E-state index contributed by atoms with van der Waals surface area (Å²) < 4.78 is 44.3. The lowest BCUT2D eigenvalue weighted by Crippen LogP contribution is -2.42. The average Bonchev–Trinajstić information content (AvgIpc) is 3.31. The Balaban J connectivity index is 1.02. The molecule has 0 spiro atoms. The smallest absolute Gasteiger partial charge is 0.406 e. The van der Waals surface area contributed by atoms with Gasteiger partial charge in [0.05, 0.1) is 52.9 Å². The largest absolute Gasteiger partial charge is 0.412 e. The molecule has 4 heterocycles. The molecular weight excluding hydrogens is 833 g/mol. The van der Waals surface area contributed by atoms with E-state index in [-0.39, 0.29) is 23.0 Å². The summed E-state index contributed by atoms with van der Waals surface area (Å²) in [5.41, 5.74) is 1.77. The van der Waals surface area contributed by atoms with Gasteiger partial charge in [0, 0.05) is 105 Å². The quantitative estimate of drug-likeness (QED) is 0.132. The molecule has 4 N–H and O–H groups in total. The highest BCUT2D eigenvalue weighted by Crippen LogP contribution is 2.31. The minimum Gasteiger partial charge on any atom is -0.406 e. The predicted octanol–water partition coefficient (Wildman–Crippen LogP) is 1.93. The van der Waals surface area contributed by atoms with E-state index in [1.165, 1.54) is 0 Å². The molecule has 20 nitrogen and oxygen atoms in total. The fourth-order valence-corrected chi connectivity index (χ4v) is 7.51. The van der Waals surface area contributed by atoms with Crippen molar-refractivity contribution in [1.82, 2.24) is 40.9 Å². The molecule has 4 fully saturated rings. The summed E-state index contributed by atoms with van der Waals surface area (Å²) in [6, 6.07) is 10.4. The molecule has 0 aliphatic carbocycles. The fraction of sp³-hybridized carbons (Fsp3) is 0.636. The van der Waals surface area contributed by atoms with Crippen LogP contribution in [0, 0.1) is 0 Å². The normalized spacial score (nSPS) is 17.8. The van der Waals surface area contributed by atoms with E-state index in [1.807, 2.05) is 12.1 Å². The van der Waals surface area contributed by atoms with Crippen LogP contribution in [0.4, 0.5) is 19.2 Å². The lowest BCUT2D eigenvalue weighted by atomic mass is 10.0. The highest BCUT2D eigenvalue weighted by atomic mass is 16.6. The molecule has 354 valence electrons. The number of benzene rings is 2. The van der Waals surface area contributed by atoms with E-state index in [9.17, 15) is 19.2 Å². The molecule has 4 amide bonds. The van der Waals surface area contributed by atoms with E-state index >= 15 is 0 Å². The summed E-state index contributed by atoms with van der Waals surface area (Å²) in [5.74, 6) is 0.522. The number of amides is 4. The molecule has 4 aliphatic rings. The van der Waals surface area contributed by atoms with E-state index in [0.29, 0.717) is 118 Å². The lowest BCUT2D eigenvalue weighted by Gasteiger charge is -2.26. The van der Waals surface area contributed by atoms with Crippen molar-refractivity contribution in [2.45, 2.75) is 25.7 Å². The first-order valence-corrected chi connectivity index (χ1v) is 22.7. The molecule has 0 bridgehead atoms. The molecule has 2 aromatic carbocycles. The monoisotopic (exact) mass is 898 g/mol. The van der Waals surface area contributed by atoms with Gasteiger partial charge in [-0.1, -0.05) is 12.1 Å². The average molecular weight is 899 g/mol. The van der Waals surface area contributed by atoms with Crippen LogP contribution >= 0.6 is 0 Å². The summed E-state index contributed by atoms with van der Waals surface area (Å²) in [6.45, 7) is 15.9. The number of nitrogens with zero attached hydrogens (tertiary/aromatic N) is 4. The van der Waals surface area contributed by atoms with Gasteiger partial charge in [0.2, 0.25) is 0 Å². The second-order valence-corrected chi connectivity index (χ2v) is 15.9. The van der Waals surface area contributed by atoms with Crippen molar-refractivity contribution in [1.29, 1.82) is 0 Å². The van der Waals surface area contributed by atoms with Crippen molar-refractivity contribution in [3.05, 3.63) is 47.5 Å². The van der Waals surface area contributed by atoms with E-state index < -0.39 is 24.4 Å². The first kappa shape index (κ1) is 48.7. The van der Waals surface area contributed by atoms with Crippen LogP contribution in [0.15, 0.2) is 36.4 Å². The van der Waals surface area contributed by atoms with Gasteiger partial charge >= 0.3 is 24.4 Å². The number of ether oxygens (including phenoxy) is 8. The zero-order valence-corrected chi connectivity index (χ0v) is 37.0. The second-order valence-electron chi connectivity index (χ2n) is 15.9. The van der Waals surface area contributed by atoms with Crippen LogP contribution in [0.25, 0.3) is 0 Å². The van der Waals surface area contributed by atoms with Crippen LogP contribution in [0.5, 0.6) is 23.0 Å². The summed E-state index contributed by atoms with van der Waals surface area (Å²) >= 11 is 0. The molecule has 64 heavy (non-hydrogen) atoms. The molecule has 20 heteroatoms. The Morgan fingerprint density at radius 2 is 0.672 bits per heavy atom. The number of unbranched alkanes of at least 4 members (excludes halogenated alkanes) is 1. The highest BCUT2D eigenvalue weighted by Gasteiger charge is 2.19. The topological polar surface area (TPSA) is 203 Å². The van der Waals surface area contributed by atoms with Crippen molar-refractivity contribution < 1.29 is 57.1 Å². The summed E-state index contributed by atoms with van der Waals surface area (Å²) in [5, 5.41) is 11.2. The maximum atomic E-state index is 12.9. The second kappa shape index (κ2) is 27.5. The zero-order chi connectivity index (χ0) is 44.6. The van der Waals surface area contributed by atoms with Gasteiger partial charge in [0.25, 0.3) is 0 Å². The summed E-state index contributed by atoms with van der Waals surface area (Å²) in [4.78, 5) is 60.3. The number of hydrogen-bond donors (Lipinski definition) is 4. The number of morpholine rings is 4. The Labute approximate surface area is 375 Å². The fourth-order valence-electron chi connectivity index (χ4n) is 7.51. The molecule has 0 aromatic heterocycles. The minimum absolute atomic E-state index is 0.127. The highest BCUT2D eigenvalue weighted by molar-refractivity contribution is 5.75. The molecule has 0 radical (unpaired) electrons. The van der Waals surface area contributed by atoms with Gasteiger partial charge in [0.15, 0.2) is 23.0 Å². The van der Waals surface area contributed by atoms with Crippen LogP contribution in [0.1, 0.15) is 24.0 Å². The summed E-state index contributed by atoms with van der Waals surface area (Å²) in [7, 11) is 0. The van der Waals surface area contributed by atoms with Gasteiger partial charge in [-0.15, -0.1) is 0 Å². The van der Waals surface area contributed by atoms with E-state index in [4.69, 9.17) is 37.9 Å². The van der Waals surface area contributed by atoms with Crippen molar-refractivity contribution in [2.24, 2.45) is 0 Å². The number of hydrogen-bond acceptors (Lipinski definition) is 16. The Kier molecular flexibility index (Phi) is 20.9. The molecular formula is C44H66N8O12. The number of aryl methyl sites for hydroxylation is 2. The maximum absolute atomic E-state index is 12.9. The first-order chi connectivity index (χ1) is 31.4. The van der Waals surface area contributed by atoms with Crippen LogP contribution in [-0.4, -0.2) is 202 Å². The Bertz CT molecular complexity index is 1630. The van der Waals surface area contributed by atoms with E-state index in [0.717, 1.165) is 76.3 Å². The number of rotatable bonds is 21. The maximum Gasteiger partial charge on any atom is 0.412 e. The van der Waals surface area contributed by atoms with Crippen molar-refractivity contribution >= 4 is 24.4 Å². The molecule has 0 saturated carbocycles. The van der Waals surface area contributed by atoms with Gasteiger partial charge in [-0.3, -0.25) is 19.6 Å². The van der Waals surface area contributed by atoms with Gasteiger partial charge in [-0.2, -0.15) is 0 Å². The van der Waals surface area contributed by atoms with Gasteiger partial charge in [-0.25, -0.2) is 19.2 Å². The molecule has 6 rings (SSSR count). The number of carbonyl (C=O) groups excluding carboxylic acids is 4. The molecule has 4 aliphatic heterocycles. The molecule has 0 atom stereocenters. The van der Waals surface area contributed by atoms with E-state index in [2.05, 4.69) is 40.9 Å². The third-order valence-electron chi connectivity index (χ3n) is 11.2. The van der Waals surface area contributed by atoms with Crippen LogP contribution in [0.3, 0.4) is 0 Å². The van der Waals surface area contributed by atoms with Gasteiger partial charge in [-0.05, 0) is 61.1 Å². The van der Waals surface area contributed by atoms with Crippen molar-refractivity contribution in [2.75, 3.05) is 158 Å². The number of carbonyl (C=O) groups is 4. The SMILES string of the molecule is O=C(NCCN1CCOCC1)Oc1ccc(CCCCc2ccc(OC(=O)NCCN3CCOCC3)c(OC(=O)NCCN3CCOCC3)c2)cc1OC(=O)NCCN1CCOCC1. The third kappa shape index (κ3) is 18.0. The van der Waals surface area contributed by atoms with Crippen molar-refractivity contribution in [3.8, 4) is 23.0 Å². The van der Waals surface area contributed by atoms with E-state index in [1.54, 1.807) is 24.3 Å². The molecule has 4 saturated heterocycles. The third-order valence-corrected chi connectivity index (χ3v) is 11.2. The predicted molar refractivity (Wildman–Crippen MR) is 235 cm³/mol. The first-order valence-electron chi connectivity index (χ1n) is 22.7. The summed E-state index contributed by atoms with van der Waals surface area (Å²) in [6.07, 6.45) is 0.213.